The van der Waals surface area contributed by atoms with Crippen LogP contribution in [0.25, 0.3) is 0 Å². The van der Waals surface area contributed by atoms with Crippen molar-refractivity contribution in [3.8, 4) is 0 Å². The van der Waals surface area contributed by atoms with Crippen LogP contribution in [0.3, 0.4) is 0 Å². The van der Waals surface area contributed by atoms with Crippen molar-refractivity contribution in [2.24, 2.45) is 11.7 Å². The van der Waals surface area contributed by atoms with Crippen LogP contribution in [0, 0.1) is 12.8 Å². The van der Waals surface area contributed by atoms with Crippen molar-refractivity contribution >= 4 is 11.3 Å². The van der Waals surface area contributed by atoms with Gasteiger partial charge >= 0.3 is 0 Å². The number of thiazole rings is 1. The molecule has 1 aliphatic carbocycles. The van der Waals surface area contributed by atoms with Gasteiger partial charge in [-0.25, -0.2) is 4.98 Å². The zero-order chi connectivity index (χ0) is 12.5. The van der Waals surface area contributed by atoms with Crippen LogP contribution in [0.15, 0.2) is 0 Å². The molecule has 1 heterocycles. The van der Waals surface area contributed by atoms with E-state index in [-0.39, 0.29) is 5.54 Å². The molecule has 1 fully saturated rings. The van der Waals surface area contributed by atoms with Crippen LogP contribution in [-0.2, 0) is 12.0 Å². The highest BCUT2D eigenvalue weighted by atomic mass is 32.1. The van der Waals surface area contributed by atoms with Gasteiger partial charge in [-0.3, -0.25) is 0 Å². The largest absolute Gasteiger partial charge is 0.319 e. The second kappa shape index (κ2) is 5.07. The molecule has 2 rings (SSSR count). The fourth-order valence-electron chi connectivity index (χ4n) is 2.78. The van der Waals surface area contributed by atoms with Crippen molar-refractivity contribution < 1.29 is 0 Å². The fraction of sp³-hybridized carbons (Fsp3) is 0.786. The molecule has 2 nitrogen and oxygen atoms in total. The number of nitrogens with zero attached hydrogens (tertiary/aromatic N) is 1. The van der Waals surface area contributed by atoms with Crippen LogP contribution in [0.4, 0.5) is 0 Å². The number of aromatic nitrogens is 1. The molecular formula is C14H24N2S. The lowest BCUT2D eigenvalue weighted by molar-refractivity contribution is 0.231. The predicted molar refractivity (Wildman–Crippen MR) is 74.3 cm³/mol. The van der Waals surface area contributed by atoms with E-state index in [1.807, 2.05) is 11.3 Å². The van der Waals surface area contributed by atoms with E-state index < -0.39 is 0 Å². The Morgan fingerprint density at radius 1 is 1.35 bits per heavy atom. The van der Waals surface area contributed by atoms with Crippen LogP contribution in [0.5, 0.6) is 0 Å². The summed E-state index contributed by atoms with van der Waals surface area (Å²) in [6.07, 6.45) is 7.09. The smallest absolute Gasteiger partial charge is 0.113 e. The van der Waals surface area contributed by atoms with E-state index in [0.717, 1.165) is 25.2 Å². The van der Waals surface area contributed by atoms with Gasteiger partial charge in [-0.05, 0) is 44.9 Å². The molecule has 3 heteroatoms. The Morgan fingerprint density at radius 3 is 2.47 bits per heavy atom. The number of hydrogen-bond donors (Lipinski definition) is 1. The maximum absolute atomic E-state index is 6.58. The van der Waals surface area contributed by atoms with Crippen LogP contribution < -0.4 is 5.73 Å². The van der Waals surface area contributed by atoms with E-state index in [9.17, 15) is 0 Å². The van der Waals surface area contributed by atoms with E-state index >= 15 is 0 Å². The molecule has 0 aromatic carbocycles. The van der Waals surface area contributed by atoms with E-state index in [2.05, 4.69) is 20.8 Å². The summed E-state index contributed by atoms with van der Waals surface area (Å²) < 4.78 is 0. The maximum Gasteiger partial charge on any atom is 0.113 e. The maximum atomic E-state index is 6.58. The average molecular weight is 252 g/mol. The average Bonchev–Trinajstić information content (AvgIpc) is 2.72. The van der Waals surface area contributed by atoms with Gasteiger partial charge in [0.2, 0.25) is 0 Å². The minimum atomic E-state index is -0.130. The Morgan fingerprint density at radius 2 is 2.00 bits per heavy atom. The molecule has 0 radical (unpaired) electrons. The highest BCUT2D eigenvalue weighted by Gasteiger charge is 2.35. The van der Waals surface area contributed by atoms with Gasteiger partial charge in [0.05, 0.1) is 11.2 Å². The first-order valence-corrected chi connectivity index (χ1v) is 7.66. The van der Waals surface area contributed by atoms with E-state index in [0.29, 0.717) is 0 Å². The molecule has 1 saturated carbocycles. The third kappa shape index (κ3) is 2.55. The summed E-state index contributed by atoms with van der Waals surface area (Å²) in [5, 5.41) is 1.18. The van der Waals surface area contributed by atoms with Crippen molar-refractivity contribution in [2.45, 2.75) is 64.8 Å². The molecule has 0 saturated heterocycles. The van der Waals surface area contributed by atoms with Crippen molar-refractivity contribution in [1.82, 2.24) is 4.98 Å². The van der Waals surface area contributed by atoms with Crippen LogP contribution in [-0.4, -0.2) is 4.98 Å². The number of rotatable bonds is 3. The monoisotopic (exact) mass is 252 g/mol. The zero-order valence-electron chi connectivity index (χ0n) is 11.3. The fourth-order valence-corrected chi connectivity index (χ4v) is 3.94. The molecular weight excluding hydrogens is 228 g/mol. The molecule has 0 spiro atoms. The van der Waals surface area contributed by atoms with Gasteiger partial charge in [-0.2, -0.15) is 0 Å². The quantitative estimate of drug-likeness (QED) is 0.889. The minimum Gasteiger partial charge on any atom is -0.319 e. The molecule has 17 heavy (non-hydrogen) atoms. The number of aryl methyl sites for hydroxylation is 2. The molecule has 0 atom stereocenters. The lowest BCUT2D eigenvalue weighted by atomic mass is 9.76. The Bertz CT molecular complexity index is 376. The lowest BCUT2D eigenvalue weighted by Crippen LogP contribution is -2.40. The summed E-state index contributed by atoms with van der Waals surface area (Å²) in [5.74, 6) is 0.887. The summed E-state index contributed by atoms with van der Waals surface area (Å²) in [5.41, 5.74) is 7.69. The third-order valence-electron chi connectivity index (χ3n) is 4.23. The van der Waals surface area contributed by atoms with Crippen LogP contribution in [0.1, 0.15) is 61.5 Å². The van der Waals surface area contributed by atoms with Crippen molar-refractivity contribution in [3.05, 3.63) is 15.6 Å². The van der Waals surface area contributed by atoms with Gasteiger partial charge in [-0.15, -0.1) is 11.3 Å². The summed E-state index contributed by atoms with van der Waals surface area (Å²) in [7, 11) is 0. The predicted octanol–water partition coefficient (Wildman–Crippen LogP) is 3.77. The second-order valence-electron chi connectivity index (χ2n) is 5.38. The van der Waals surface area contributed by atoms with Gasteiger partial charge in [-0.1, -0.05) is 20.3 Å². The molecule has 0 aliphatic heterocycles. The normalized spacial score (nSPS) is 29.5. The Balaban J connectivity index is 2.15. The topological polar surface area (TPSA) is 38.9 Å². The van der Waals surface area contributed by atoms with Crippen molar-refractivity contribution in [1.29, 1.82) is 0 Å². The summed E-state index contributed by atoms with van der Waals surface area (Å²) in [4.78, 5) is 6.12. The van der Waals surface area contributed by atoms with Gasteiger partial charge in [0.1, 0.15) is 5.01 Å². The molecule has 96 valence electrons. The Kier molecular flexibility index (Phi) is 3.88. The Hall–Kier alpha value is -0.410. The zero-order valence-corrected chi connectivity index (χ0v) is 12.1. The highest BCUT2D eigenvalue weighted by molar-refractivity contribution is 7.11. The first-order valence-electron chi connectivity index (χ1n) is 6.84. The summed E-state index contributed by atoms with van der Waals surface area (Å²) in [6, 6.07) is 0. The van der Waals surface area contributed by atoms with Gasteiger partial charge in [0.25, 0.3) is 0 Å². The van der Waals surface area contributed by atoms with E-state index in [4.69, 9.17) is 10.7 Å². The van der Waals surface area contributed by atoms with Crippen molar-refractivity contribution in [2.75, 3.05) is 0 Å². The first kappa shape index (κ1) is 13.0. The van der Waals surface area contributed by atoms with E-state index in [1.54, 1.807) is 0 Å². The number of nitrogens with two attached hydrogens (primary N) is 1. The number of hydrogen-bond acceptors (Lipinski definition) is 3. The van der Waals surface area contributed by atoms with Gasteiger partial charge < -0.3 is 5.73 Å². The molecule has 1 aromatic rings. The third-order valence-corrected chi connectivity index (χ3v) is 5.46. The van der Waals surface area contributed by atoms with Crippen LogP contribution >= 0.6 is 11.3 Å². The SMILES string of the molecule is CCc1nc(C2(N)CCC(CC)CC2)sc1C. The van der Waals surface area contributed by atoms with Crippen LogP contribution in [0.2, 0.25) is 0 Å². The van der Waals surface area contributed by atoms with E-state index in [1.165, 1.54) is 34.8 Å². The Labute approximate surface area is 109 Å². The molecule has 0 amide bonds. The van der Waals surface area contributed by atoms with Gasteiger partial charge in [0.15, 0.2) is 0 Å². The summed E-state index contributed by atoms with van der Waals surface area (Å²) >= 11 is 1.82. The standard InChI is InChI=1S/C14H24N2S/c1-4-11-6-8-14(15,9-7-11)13-16-12(5-2)10(3)17-13/h11H,4-9,15H2,1-3H3. The molecule has 1 aromatic heterocycles. The lowest BCUT2D eigenvalue weighted by Gasteiger charge is -2.35. The van der Waals surface area contributed by atoms with Gasteiger partial charge in [0, 0.05) is 4.88 Å². The summed E-state index contributed by atoms with van der Waals surface area (Å²) in [6.45, 7) is 6.63. The molecule has 0 bridgehead atoms. The highest BCUT2D eigenvalue weighted by Crippen LogP contribution is 2.40. The first-order chi connectivity index (χ1) is 8.09. The van der Waals surface area contributed by atoms with Crippen molar-refractivity contribution in [3.63, 3.8) is 0 Å². The molecule has 0 unspecified atom stereocenters. The molecule has 1 aliphatic rings. The minimum absolute atomic E-state index is 0.130. The second-order valence-corrected chi connectivity index (χ2v) is 6.59. The molecule has 2 N–H and O–H groups in total.